The van der Waals surface area contributed by atoms with Crippen LogP contribution in [-0.2, 0) is 4.79 Å². The van der Waals surface area contributed by atoms with Crippen LogP contribution in [0.5, 0.6) is 11.5 Å². The van der Waals surface area contributed by atoms with Gasteiger partial charge in [0.2, 0.25) is 0 Å². The molecule has 11 nitrogen and oxygen atoms in total. The Morgan fingerprint density at radius 1 is 1.13 bits per heavy atom. The van der Waals surface area contributed by atoms with Crippen LogP contribution in [-0.4, -0.2) is 80.3 Å². The lowest BCUT2D eigenvalue weighted by atomic mass is 9.97. The van der Waals surface area contributed by atoms with Crippen LogP contribution in [0.2, 0.25) is 0 Å². The number of nitrogen functional groups attached to an aromatic ring is 1. The second-order valence-electron chi connectivity index (χ2n) is 11.9. The number of nitrogens with one attached hydrogen (secondary N) is 1. The number of anilines is 1. The number of carbonyl (C=O) groups is 1. The topological polar surface area (TPSA) is 138 Å². The van der Waals surface area contributed by atoms with E-state index >= 15 is 4.39 Å². The van der Waals surface area contributed by atoms with Gasteiger partial charge in [-0.1, -0.05) is 18.2 Å². The van der Waals surface area contributed by atoms with Crippen LogP contribution in [0.1, 0.15) is 32.7 Å². The van der Waals surface area contributed by atoms with Gasteiger partial charge in [0.05, 0.1) is 11.4 Å². The zero-order chi connectivity index (χ0) is 31.6. The first-order chi connectivity index (χ1) is 21.7. The molecule has 2 aliphatic rings. The monoisotopic (exact) mass is 609 g/mol. The second-order valence-corrected chi connectivity index (χ2v) is 11.9. The van der Waals surface area contributed by atoms with E-state index in [-0.39, 0.29) is 28.9 Å². The molecule has 0 saturated carbocycles. The maximum Gasteiger partial charge on any atom is 0.264 e. The van der Waals surface area contributed by atoms with Gasteiger partial charge in [0.15, 0.2) is 5.65 Å². The zero-order valence-corrected chi connectivity index (χ0v) is 25.4. The molecule has 2 saturated heterocycles. The number of nitrogens with zero attached hydrogens (tertiary/aromatic N) is 7. The summed E-state index contributed by atoms with van der Waals surface area (Å²) in [6.07, 6.45) is 4.56. The second kappa shape index (κ2) is 12.6. The van der Waals surface area contributed by atoms with E-state index < -0.39 is 11.4 Å². The largest absolute Gasteiger partial charge is 0.457 e. The van der Waals surface area contributed by atoms with Crippen LogP contribution in [0.4, 0.5) is 10.2 Å². The molecule has 1 atom stereocenters. The number of benzene rings is 2. The molecule has 3 N–H and O–H groups in total. The standard InChI is InChI=1S/C33H36FN9O2/c1-33(2,42-15-12-37-13-16-42)18-22(19-35)32(44)41-14-6-7-23(20-41)43-31-28(30(36)38-21-39-31)29(40-43)26-11-10-25(17-27(26)34)45-24-8-4-3-5-9-24/h3-5,8-11,17-18,21,23,37H,6-7,12-16,20H2,1-2H3,(H2,36,38,39)/b22-18+/t23-/m1/s1. The van der Waals surface area contributed by atoms with Gasteiger partial charge in [-0.2, -0.15) is 10.4 Å². The van der Waals surface area contributed by atoms with E-state index in [0.717, 1.165) is 26.2 Å². The lowest BCUT2D eigenvalue weighted by molar-refractivity contribution is -0.128. The van der Waals surface area contributed by atoms with Gasteiger partial charge < -0.3 is 20.7 Å². The molecule has 12 heteroatoms. The lowest BCUT2D eigenvalue weighted by Gasteiger charge is -2.39. The summed E-state index contributed by atoms with van der Waals surface area (Å²) in [6, 6.07) is 15.6. The smallest absolute Gasteiger partial charge is 0.264 e. The summed E-state index contributed by atoms with van der Waals surface area (Å²) in [5, 5.41) is 18.6. The van der Waals surface area contributed by atoms with Crippen molar-refractivity contribution in [3.63, 3.8) is 0 Å². The molecule has 6 rings (SSSR count). The average Bonchev–Trinajstić information content (AvgIpc) is 3.45. The molecular weight excluding hydrogens is 573 g/mol. The van der Waals surface area contributed by atoms with Crippen molar-refractivity contribution in [2.75, 3.05) is 45.0 Å². The highest BCUT2D eigenvalue weighted by Crippen LogP contribution is 2.36. The minimum Gasteiger partial charge on any atom is -0.457 e. The third-order valence-electron chi connectivity index (χ3n) is 8.50. The van der Waals surface area contributed by atoms with E-state index in [2.05, 4.69) is 26.3 Å². The number of hydrogen-bond donors (Lipinski definition) is 2. The van der Waals surface area contributed by atoms with Crippen LogP contribution in [0.15, 0.2) is 66.5 Å². The van der Waals surface area contributed by atoms with Crippen LogP contribution in [0.25, 0.3) is 22.3 Å². The van der Waals surface area contributed by atoms with Gasteiger partial charge in [0.1, 0.15) is 46.8 Å². The molecule has 2 aromatic carbocycles. The fourth-order valence-electron chi connectivity index (χ4n) is 6.15. The summed E-state index contributed by atoms with van der Waals surface area (Å²) in [4.78, 5) is 26.3. The quantitative estimate of drug-likeness (QED) is 0.232. The Hall–Kier alpha value is -4.86. The number of carbonyl (C=O) groups excluding carboxylic acids is 1. The fraction of sp³-hybridized carbons (Fsp3) is 0.364. The Morgan fingerprint density at radius 3 is 2.64 bits per heavy atom. The number of piperidine rings is 1. The van der Waals surface area contributed by atoms with Gasteiger partial charge in [0, 0.05) is 56.4 Å². The van der Waals surface area contributed by atoms with E-state index in [1.807, 2.05) is 32.0 Å². The third-order valence-corrected chi connectivity index (χ3v) is 8.50. The van der Waals surface area contributed by atoms with Gasteiger partial charge in [-0.25, -0.2) is 19.0 Å². The molecule has 0 aliphatic carbocycles. The highest BCUT2D eigenvalue weighted by Gasteiger charge is 2.33. The molecule has 2 fully saturated rings. The molecule has 0 radical (unpaired) electrons. The summed E-state index contributed by atoms with van der Waals surface area (Å²) >= 11 is 0. The number of nitrogens with two attached hydrogens (primary N) is 1. The van der Waals surface area contributed by atoms with Gasteiger partial charge in [0.25, 0.3) is 5.91 Å². The highest BCUT2D eigenvalue weighted by atomic mass is 19.1. The van der Waals surface area contributed by atoms with E-state index in [4.69, 9.17) is 15.6 Å². The van der Waals surface area contributed by atoms with E-state index in [0.29, 0.717) is 54.2 Å². The number of hydrogen-bond acceptors (Lipinski definition) is 9. The van der Waals surface area contributed by atoms with Crippen molar-refractivity contribution >= 4 is 22.8 Å². The van der Waals surface area contributed by atoms with Crippen LogP contribution in [0.3, 0.4) is 0 Å². The molecule has 2 aliphatic heterocycles. The summed E-state index contributed by atoms with van der Waals surface area (Å²) in [6.45, 7) is 8.30. The van der Waals surface area contributed by atoms with Crippen molar-refractivity contribution < 1.29 is 13.9 Å². The number of amides is 1. The molecule has 0 bridgehead atoms. The van der Waals surface area contributed by atoms with Crippen molar-refractivity contribution in [3.8, 4) is 28.8 Å². The van der Waals surface area contributed by atoms with Crippen LogP contribution in [0, 0.1) is 17.1 Å². The number of aromatic nitrogens is 4. The fourth-order valence-corrected chi connectivity index (χ4v) is 6.15. The number of piperazine rings is 1. The van der Waals surface area contributed by atoms with Crippen molar-refractivity contribution in [3.05, 3.63) is 72.3 Å². The summed E-state index contributed by atoms with van der Waals surface area (Å²) < 4.78 is 23.1. The highest BCUT2D eigenvalue weighted by molar-refractivity contribution is 5.99. The molecule has 4 heterocycles. The lowest BCUT2D eigenvalue weighted by Crippen LogP contribution is -2.53. The van der Waals surface area contributed by atoms with Gasteiger partial charge in [-0.05, 0) is 57.0 Å². The predicted octanol–water partition coefficient (Wildman–Crippen LogP) is 4.30. The van der Waals surface area contributed by atoms with Gasteiger partial charge in [-0.3, -0.25) is 9.69 Å². The first-order valence-corrected chi connectivity index (χ1v) is 15.1. The maximum atomic E-state index is 15.6. The summed E-state index contributed by atoms with van der Waals surface area (Å²) in [5.41, 5.74) is 6.97. The van der Waals surface area contributed by atoms with Crippen molar-refractivity contribution in [2.45, 2.75) is 38.3 Å². The Kier molecular flexibility index (Phi) is 8.47. The first-order valence-electron chi connectivity index (χ1n) is 15.1. The van der Waals surface area contributed by atoms with Crippen LogP contribution < -0.4 is 15.8 Å². The Morgan fingerprint density at radius 2 is 1.91 bits per heavy atom. The third kappa shape index (κ3) is 6.22. The maximum absolute atomic E-state index is 15.6. The number of ether oxygens (including phenoxy) is 1. The molecule has 1 amide bonds. The summed E-state index contributed by atoms with van der Waals surface area (Å²) in [5.74, 6) is 0.276. The number of para-hydroxylation sites is 1. The van der Waals surface area contributed by atoms with E-state index in [1.54, 1.807) is 39.9 Å². The Bertz CT molecular complexity index is 1770. The average molecular weight is 610 g/mol. The van der Waals surface area contributed by atoms with Crippen molar-refractivity contribution in [2.24, 2.45) is 0 Å². The van der Waals surface area contributed by atoms with Gasteiger partial charge >= 0.3 is 0 Å². The van der Waals surface area contributed by atoms with Crippen molar-refractivity contribution in [1.29, 1.82) is 5.26 Å². The Labute approximate surface area is 261 Å². The van der Waals surface area contributed by atoms with Gasteiger partial charge in [-0.15, -0.1) is 0 Å². The molecule has 2 aromatic heterocycles. The molecule has 0 unspecified atom stereocenters. The van der Waals surface area contributed by atoms with E-state index in [1.165, 1.54) is 12.4 Å². The minimum absolute atomic E-state index is 0.122. The van der Waals surface area contributed by atoms with E-state index in [9.17, 15) is 10.1 Å². The predicted molar refractivity (Wildman–Crippen MR) is 169 cm³/mol. The molecule has 232 valence electrons. The number of likely N-dealkylation sites (tertiary alicyclic amines) is 1. The molecule has 0 spiro atoms. The number of nitriles is 1. The molecule has 4 aromatic rings. The molecule has 45 heavy (non-hydrogen) atoms. The number of halogens is 1. The van der Waals surface area contributed by atoms with Crippen LogP contribution >= 0.6 is 0 Å². The molecular formula is C33H36FN9O2. The SMILES string of the molecule is CC(C)(/C=C(\C#N)C(=O)N1CCC[C@@H](n2nc(-c3ccc(Oc4ccccc4)cc3F)c3c(N)ncnc32)C1)N1CCNCC1. The number of fused-ring (bicyclic) bond motifs is 1. The summed E-state index contributed by atoms with van der Waals surface area (Å²) in [7, 11) is 0. The first kappa shape index (κ1) is 30.2. The minimum atomic E-state index is -0.533. The van der Waals surface area contributed by atoms with Crippen molar-refractivity contribution in [1.82, 2.24) is 34.9 Å². The Balaban J connectivity index is 1.28. The zero-order valence-electron chi connectivity index (χ0n) is 25.4. The normalized spacial score (nSPS) is 18.1. The number of rotatable bonds is 7.